The van der Waals surface area contributed by atoms with Crippen molar-refractivity contribution < 1.29 is 27.8 Å². The second-order valence-corrected chi connectivity index (χ2v) is 10.8. The van der Waals surface area contributed by atoms with Gasteiger partial charge in [0.2, 0.25) is 0 Å². The van der Waals surface area contributed by atoms with Crippen molar-refractivity contribution in [3.63, 3.8) is 0 Å². The second kappa shape index (κ2) is 9.79. The van der Waals surface area contributed by atoms with Gasteiger partial charge in [-0.3, -0.25) is 0 Å². The van der Waals surface area contributed by atoms with Gasteiger partial charge in [0.25, 0.3) is 0 Å². The van der Waals surface area contributed by atoms with E-state index in [1.54, 1.807) is 6.07 Å². The Balaban J connectivity index is 2.28. The van der Waals surface area contributed by atoms with Crippen LogP contribution in [0.3, 0.4) is 0 Å². The van der Waals surface area contributed by atoms with Crippen LogP contribution in [0.15, 0.2) is 41.3 Å². The van der Waals surface area contributed by atoms with E-state index in [0.717, 1.165) is 25.7 Å². The summed E-state index contributed by atoms with van der Waals surface area (Å²) in [7, 11) is -2.43. The first-order valence-electron chi connectivity index (χ1n) is 11.3. The molecule has 176 valence electrons. The van der Waals surface area contributed by atoms with E-state index in [1.807, 2.05) is 13.8 Å². The van der Waals surface area contributed by atoms with E-state index >= 15 is 0 Å². The van der Waals surface area contributed by atoms with Crippen LogP contribution >= 0.6 is 0 Å². The summed E-state index contributed by atoms with van der Waals surface area (Å²) >= 11 is 0. The molecule has 0 bridgehead atoms. The Morgan fingerprint density at radius 2 is 1.75 bits per heavy atom. The number of aliphatic hydroxyl groups is 1. The highest BCUT2D eigenvalue weighted by atomic mass is 32.2. The lowest BCUT2D eigenvalue weighted by Gasteiger charge is -2.40. The number of benzene rings is 2. The Bertz CT molecular complexity index is 1040. The molecule has 32 heavy (non-hydrogen) atoms. The van der Waals surface area contributed by atoms with Gasteiger partial charge in [0.15, 0.2) is 21.4 Å². The summed E-state index contributed by atoms with van der Waals surface area (Å²) in [5.41, 5.74) is -0.00689. The molecule has 2 aromatic rings. The minimum Gasteiger partial charge on any atom is -0.508 e. The molecule has 1 aliphatic rings. The SMILES string of the molecule is CCCCC1(CCCC)CS(=O)(=O)c2cc(O)ccc2[C@@H](c2ccc(OC)c(F)c2)[C@H]1O. The first-order chi connectivity index (χ1) is 15.2. The van der Waals surface area contributed by atoms with Crippen molar-refractivity contribution in [2.24, 2.45) is 5.41 Å². The molecule has 2 N–H and O–H groups in total. The molecule has 0 aliphatic carbocycles. The number of aromatic hydroxyl groups is 1. The van der Waals surface area contributed by atoms with Gasteiger partial charge in [-0.1, -0.05) is 51.7 Å². The number of hydrogen-bond donors (Lipinski definition) is 2. The van der Waals surface area contributed by atoms with Crippen molar-refractivity contribution >= 4 is 9.84 Å². The third kappa shape index (κ3) is 4.64. The molecule has 5 nitrogen and oxygen atoms in total. The number of halogens is 1. The van der Waals surface area contributed by atoms with Gasteiger partial charge in [-0.15, -0.1) is 0 Å². The lowest BCUT2D eigenvalue weighted by molar-refractivity contribution is 0.0126. The molecule has 0 saturated carbocycles. The monoisotopic (exact) mass is 464 g/mol. The zero-order chi connectivity index (χ0) is 23.5. The van der Waals surface area contributed by atoms with Gasteiger partial charge in [0.1, 0.15) is 5.75 Å². The average Bonchev–Trinajstić information content (AvgIpc) is 2.82. The van der Waals surface area contributed by atoms with Crippen molar-refractivity contribution in [1.82, 2.24) is 0 Å². The summed E-state index contributed by atoms with van der Waals surface area (Å²) in [6.45, 7) is 4.07. The maximum atomic E-state index is 14.7. The summed E-state index contributed by atoms with van der Waals surface area (Å²) in [4.78, 5) is 0.00708. The van der Waals surface area contributed by atoms with E-state index in [1.165, 1.54) is 37.4 Å². The van der Waals surface area contributed by atoms with E-state index < -0.39 is 33.1 Å². The molecule has 0 fully saturated rings. The van der Waals surface area contributed by atoms with Gasteiger partial charge in [-0.25, -0.2) is 12.8 Å². The van der Waals surface area contributed by atoms with Gasteiger partial charge < -0.3 is 14.9 Å². The highest BCUT2D eigenvalue weighted by Crippen LogP contribution is 2.50. The van der Waals surface area contributed by atoms with Crippen LogP contribution in [0.4, 0.5) is 4.39 Å². The summed E-state index contributed by atoms with van der Waals surface area (Å²) in [6, 6.07) is 8.68. The summed E-state index contributed by atoms with van der Waals surface area (Å²) in [6.07, 6.45) is 3.38. The number of fused-ring (bicyclic) bond motifs is 1. The van der Waals surface area contributed by atoms with E-state index in [9.17, 15) is 23.0 Å². The smallest absolute Gasteiger partial charge is 0.179 e. The van der Waals surface area contributed by atoms with E-state index in [4.69, 9.17) is 4.74 Å². The fraction of sp³-hybridized carbons (Fsp3) is 0.520. The topological polar surface area (TPSA) is 83.8 Å². The van der Waals surface area contributed by atoms with Crippen molar-refractivity contribution in [3.8, 4) is 11.5 Å². The molecule has 1 aliphatic heterocycles. The van der Waals surface area contributed by atoms with Crippen LogP contribution in [-0.4, -0.2) is 37.6 Å². The number of rotatable bonds is 8. The Kier molecular flexibility index (Phi) is 7.50. The first-order valence-corrected chi connectivity index (χ1v) is 12.9. The fourth-order valence-electron chi connectivity index (χ4n) is 4.98. The minimum atomic E-state index is -3.80. The third-order valence-electron chi connectivity index (χ3n) is 6.68. The van der Waals surface area contributed by atoms with Crippen LogP contribution in [0, 0.1) is 11.2 Å². The molecule has 0 saturated heterocycles. The van der Waals surface area contributed by atoms with Gasteiger partial charge in [0, 0.05) is 11.3 Å². The predicted octanol–water partition coefficient (Wildman–Crippen LogP) is 5.19. The van der Waals surface area contributed by atoms with Crippen LogP contribution in [-0.2, 0) is 9.84 Å². The highest BCUT2D eigenvalue weighted by Gasteiger charge is 2.49. The highest BCUT2D eigenvalue weighted by molar-refractivity contribution is 7.91. The Labute approximate surface area is 190 Å². The maximum Gasteiger partial charge on any atom is 0.179 e. The Hall–Kier alpha value is -2.12. The first kappa shape index (κ1) is 24.5. The number of sulfone groups is 1. The Morgan fingerprint density at radius 1 is 1.09 bits per heavy atom. The molecule has 0 amide bonds. The van der Waals surface area contributed by atoms with Crippen LogP contribution in [0.2, 0.25) is 0 Å². The number of unbranched alkanes of at least 4 members (excludes halogenated alkanes) is 2. The molecular formula is C25H33FO5S. The second-order valence-electron chi connectivity index (χ2n) is 8.87. The van der Waals surface area contributed by atoms with Crippen LogP contribution in [0.5, 0.6) is 11.5 Å². The Morgan fingerprint density at radius 3 is 2.31 bits per heavy atom. The fourth-order valence-corrected chi connectivity index (χ4v) is 7.20. The zero-order valence-electron chi connectivity index (χ0n) is 19.0. The zero-order valence-corrected chi connectivity index (χ0v) is 19.8. The number of phenolic OH excluding ortho intramolecular Hbond substituents is 1. The lowest BCUT2D eigenvalue weighted by atomic mass is 9.68. The molecule has 2 aromatic carbocycles. The van der Waals surface area contributed by atoms with Crippen LogP contribution in [0.1, 0.15) is 69.4 Å². The lowest BCUT2D eigenvalue weighted by Crippen LogP contribution is -2.43. The number of ether oxygens (including phenoxy) is 1. The molecule has 1 heterocycles. The van der Waals surface area contributed by atoms with E-state index in [0.29, 0.717) is 24.0 Å². The third-order valence-corrected chi connectivity index (χ3v) is 8.66. The number of methoxy groups -OCH3 is 1. The van der Waals surface area contributed by atoms with E-state index in [2.05, 4.69) is 0 Å². The normalized spacial score (nSPS) is 21.5. The molecule has 0 aromatic heterocycles. The number of aliphatic hydroxyl groups excluding tert-OH is 1. The van der Waals surface area contributed by atoms with E-state index in [-0.39, 0.29) is 22.1 Å². The molecular weight excluding hydrogens is 431 g/mol. The van der Waals surface area contributed by atoms with Gasteiger partial charge >= 0.3 is 0 Å². The molecule has 7 heteroatoms. The maximum absolute atomic E-state index is 14.7. The summed E-state index contributed by atoms with van der Waals surface area (Å²) in [5.74, 6) is -1.60. The standard InChI is InChI=1S/C25H33FO5S/c1-4-6-12-25(13-7-5-2)16-32(29,30)22-15-18(27)9-10-19(22)23(24(25)28)17-8-11-21(31-3)20(26)14-17/h8-11,14-15,23-24,27-28H,4-7,12-13,16H2,1-3H3/t23-,24-/m1/s1. The number of hydrogen-bond acceptors (Lipinski definition) is 5. The molecule has 2 atom stereocenters. The van der Waals surface area contributed by atoms with Crippen molar-refractivity contribution in [2.45, 2.75) is 69.3 Å². The van der Waals surface area contributed by atoms with Gasteiger partial charge in [0.05, 0.1) is 23.9 Å². The van der Waals surface area contributed by atoms with Crippen molar-refractivity contribution in [3.05, 3.63) is 53.3 Å². The molecule has 0 unspecified atom stereocenters. The van der Waals surface area contributed by atoms with Crippen molar-refractivity contribution in [1.29, 1.82) is 0 Å². The average molecular weight is 465 g/mol. The molecule has 0 spiro atoms. The van der Waals surface area contributed by atoms with Gasteiger partial charge in [-0.2, -0.15) is 0 Å². The minimum absolute atomic E-state index is 0.00708. The molecule has 0 radical (unpaired) electrons. The van der Waals surface area contributed by atoms with Gasteiger partial charge in [-0.05, 0) is 48.2 Å². The largest absolute Gasteiger partial charge is 0.508 e. The summed E-state index contributed by atoms with van der Waals surface area (Å²) in [5, 5.41) is 21.9. The predicted molar refractivity (Wildman–Crippen MR) is 122 cm³/mol. The van der Waals surface area contributed by atoms with Crippen molar-refractivity contribution in [2.75, 3.05) is 12.9 Å². The number of phenols is 1. The summed E-state index contributed by atoms with van der Waals surface area (Å²) < 4.78 is 46.8. The quantitative estimate of drug-likeness (QED) is 0.562. The van der Waals surface area contributed by atoms with Crippen LogP contribution in [0.25, 0.3) is 0 Å². The van der Waals surface area contributed by atoms with Crippen LogP contribution < -0.4 is 4.74 Å². The molecule has 3 rings (SSSR count).